The Balaban J connectivity index is 1.98. The molecule has 0 spiro atoms. The zero-order chi connectivity index (χ0) is 17.4. The van der Waals surface area contributed by atoms with Gasteiger partial charge in [-0.1, -0.05) is 23.7 Å². The van der Waals surface area contributed by atoms with Crippen molar-refractivity contribution in [3.05, 3.63) is 63.5 Å². The van der Waals surface area contributed by atoms with Crippen molar-refractivity contribution < 1.29 is 5.10 Å². The highest BCUT2D eigenvalue weighted by Crippen LogP contribution is 2.25. The van der Waals surface area contributed by atoms with Gasteiger partial charge in [0, 0.05) is 17.1 Å². The van der Waals surface area contributed by atoms with Gasteiger partial charge < -0.3 is 11.1 Å². The van der Waals surface area contributed by atoms with E-state index in [-0.39, 0.29) is 5.11 Å². The van der Waals surface area contributed by atoms with Crippen molar-refractivity contribution in [2.24, 2.45) is 10.9 Å². The minimum Gasteiger partial charge on any atom is -0.383 e. The Kier molecular flexibility index (Phi) is 6.65. The number of hydrogen-bond donors (Lipinski definition) is 4. The molecular formula is C16H17ClN5OS+. The molecule has 6 nitrogen and oxygen atoms in total. The molecule has 0 heterocycles. The minimum atomic E-state index is 0.124. The Labute approximate surface area is 150 Å². The minimum absolute atomic E-state index is 0.124. The highest BCUT2D eigenvalue weighted by molar-refractivity contribution is 7.80. The van der Waals surface area contributed by atoms with Crippen LogP contribution in [0, 0.1) is 4.91 Å². The van der Waals surface area contributed by atoms with Crippen molar-refractivity contribution >= 4 is 46.5 Å². The summed E-state index contributed by atoms with van der Waals surface area (Å²) in [5, 5.41) is 9.83. The van der Waals surface area contributed by atoms with Gasteiger partial charge in [-0.25, -0.2) is 0 Å². The predicted octanol–water partition coefficient (Wildman–Crippen LogP) is 1.64. The summed E-state index contributed by atoms with van der Waals surface area (Å²) in [6.07, 6.45) is 2.41. The number of nitrogens with one attached hydrogen (secondary N) is 3. The van der Waals surface area contributed by atoms with Gasteiger partial charge in [-0.05, 0) is 59.7 Å². The molecule has 0 amide bonds. The molecule has 0 unspecified atom stereocenters. The van der Waals surface area contributed by atoms with Crippen LogP contribution >= 0.6 is 23.8 Å². The zero-order valence-electron chi connectivity index (χ0n) is 12.8. The molecule has 0 radical (unpaired) electrons. The number of nitroso groups, excluding NO2 is 1. The summed E-state index contributed by atoms with van der Waals surface area (Å²) in [7, 11) is 0. The summed E-state index contributed by atoms with van der Waals surface area (Å²) in [6, 6.07) is 13.0. The highest BCUT2D eigenvalue weighted by Gasteiger charge is 2.05. The lowest BCUT2D eigenvalue weighted by Crippen LogP contribution is -2.82. The maximum atomic E-state index is 11.0. The summed E-state index contributed by atoms with van der Waals surface area (Å²) in [5.74, 6) is 0. The lowest BCUT2D eigenvalue weighted by atomic mass is 10.1. The van der Waals surface area contributed by atoms with Gasteiger partial charge in [-0.3, -0.25) is 0 Å². The summed E-state index contributed by atoms with van der Waals surface area (Å²) in [5.41, 5.74) is 10.7. The van der Waals surface area contributed by atoms with Crippen LogP contribution in [0.2, 0.25) is 5.02 Å². The van der Waals surface area contributed by atoms with Crippen LogP contribution in [0.3, 0.4) is 0 Å². The Bertz CT molecular complexity index is 766. The van der Waals surface area contributed by atoms with Gasteiger partial charge in [0.1, 0.15) is 5.69 Å². The van der Waals surface area contributed by atoms with Crippen LogP contribution in [0.25, 0.3) is 0 Å². The van der Waals surface area contributed by atoms with Gasteiger partial charge >= 0.3 is 0 Å². The number of thiocarbonyl (C=S) groups is 1. The number of nitrogens with zero attached hydrogens (tertiary/aromatic N) is 1. The normalized spacial score (nSPS) is 10.5. The molecule has 8 heteroatoms. The lowest BCUT2D eigenvalue weighted by molar-refractivity contribution is -0.499. The van der Waals surface area contributed by atoms with E-state index in [4.69, 9.17) is 17.3 Å². The van der Waals surface area contributed by atoms with E-state index in [9.17, 15) is 4.91 Å². The first-order chi connectivity index (χ1) is 11.6. The number of nitrogens with two attached hydrogens (primary N) is 1. The number of hydrazine groups is 1. The second-order valence-electron chi connectivity index (χ2n) is 4.95. The van der Waals surface area contributed by atoms with Crippen molar-refractivity contribution in [1.29, 1.82) is 0 Å². The van der Waals surface area contributed by atoms with Crippen LogP contribution in [0.4, 0.5) is 11.4 Å². The fourth-order valence-electron chi connectivity index (χ4n) is 2.09. The van der Waals surface area contributed by atoms with E-state index in [1.165, 1.54) is 0 Å². The Morgan fingerprint density at radius 2 is 2.17 bits per heavy atom. The molecule has 0 aromatic heterocycles. The fraction of sp³-hybridized carbons (Fsp3) is 0.125. The quantitative estimate of drug-likeness (QED) is 0.260. The zero-order valence-corrected chi connectivity index (χ0v) is 14.3. The molecule has 0 aliphatic carbocycles. The number of hydrazone groups is 1. The molecule has 0 aliphatic heterocycles. The van der Waals surface area contributed by atoms with Crippen molar-refractivity contribution in [2.75, 3.05) is 11.9 Å². The third-order valence-corrected chi connectivity index (χ3v) is 3.51. The summed E-state index contributed by atoms with van der Waals surface area (Å²) >= 11 is 10.6. The summed E-state index contributed by atoms with van der Waals surface area (Å²) in [6.45, 7) is 0.660. The van der Waals surface area contributed by atoms with Crippen molar-refractivity contribution in [3.8, 4) is 0 Å². The Morgan fingerprint density at radius 1 is 1.33 bits per heavy atom. The number of rotatable bonds is 7. The van der Waals surface area contributed by atoms with Crippen molar-refractivity contribution in [2.45, 2.75) is 6.42 Å². The SMILES string of the molecule is NC(=S)N/[NH+]=C/c1ccc(NCCc2cccc(Cl)c2)c(N=O)c1. The summed E-state index contributed by atoms with van der Waals surface area (Å²) in [4.78, 5) is 11.0. The monoisotopic (exact) mass is 362 g/mol. The number of anilines is 1. The molecule has 2 rings (SSSR count). The maximum Gasteiger partial charge on any atom is 0.221 e. The highest BCUT2D eigenvalue weighted by atomic mass is 35.5. The molecule has 0 saturated carbocycles. The molecule has 2 aromatic carbocycles. The average molecular weight is 363 g/mol. The standard InChI is InChI=1S/C16H16ClN5OS/c17-13-3-1-2-11(8-13)6-7-19-14-5-4-12(9-15(14)22-23)10-20-21-16(18)24/h1-5,8-10,19H,6-7H2,(H3,18,21,24)/p+1/b20-10+. The van der Waals surface area contributed by atoms with Gasteiger partial charge in [0.15, 0.2) is 6.21 Å². The molecular weight excluding hydrogens is 346 g/mol. The van der Waals surface area contributed by atoms with Gasteiger partial charge in [-0.15, -0.1) is 15.4 Å². The molecule has 0 aliphatic rings. The smallest absolute Gasteiger partial charge is 0.221 e. The number of hydrogen-bond acceptors (Lipinski definition) is 4. The van der Waals surface area contributed by atoms with Gasteiger partial charge in [0.2, 0.25) is 5.11 Å². The predicted molar refractivity (Wildman–Crippen MR) is 102 cm³/mol. The van der Waals surface area contributed by atoms with E-state index >= 15 is 0 Å². The largest absolute Gasteiger partial charge is 0.383 e. The summed E-state index contributed by atoms with van der Waals surface area (Å²) < 4.78 is 0. The van der Waals surface area contributed by atoms with E-state index in [0.29, 0.717) is 22.9 Å². The molecule has 24 heavy (non-hydrogen) atoms. The topological polar surface area (TPSA) is 93.5 Å². The Morgan fingerprint density at radius 3 is 2.88 bits per heavy atom. The first-order valence-electron chi connectivity index (χ1n) is 7.18. The Hall–Kier alpha value is -2.51. The van der Waals surface area contributed by atoms with E-state index in [1.54, 1.807) is 18.3 Å². The van der Waals surface area contributed by atoms with Gasteiger partial charge in [-0.2, -0.15) is 0 Å². The number of halogens is 1. The van der Waals surface area contributed by atoms with Crippen LogP contribution in [0.15, 0.2) is 47.6 Å². The molecule has 5 N–H and O–H groups in total. The second kappa shape index (κ2) is 8.95. The van der Waals surface area contributed by atoms with Crippen molar-refractivity contribution in [1.82, 2.24) is 5.43 Å². The third-order valence-electron chi connectivity index (χ3n) is 3.17. The average Bonchev–Trinajstić information content (AvgIpc) is 2.55. The molecule has 0 atom stereocenters. The molecule has 0 bridgehead atoms. The van der Waals surface area contributed by atoms with Crippen molar-refractivity contribution in [3.63, 3.8) is 0 Å². The molecule has 0 fully saturated rings. The second-order valence-corrected chi connectivity index (χ2v) is 5.83. The van der Waals surface area contributed by atoms with Crippen LogP contribution in [-0.2, 0) is 6.42 Å². The van der Waals surface area contributed by atoms with Crippen LogP contribution in [-0.4, -0.2) is 17.9 Å². The first-order valence-corrected chi connectivity index (χ1v) is 7.97. The van der Waals surface area contributed by atoms with Gasteiger partial charge in [0.25, 0.3) is 0 Å². The first kappa shape index (κ1) is 17.8. The van der Waals surface area contributed by atoms with Gasteiger partial charge in [0.05, 0.1) is 5.69 Å². The number of benzene rings is 2. The fourth-order valence-corrected chi connectivity index (χ4v) is 2.36. The van der Waals surface area contributed by atoms with E-state index in [2.05, 4.69) is 33.2 Å². The van der Waals surface area contributed by atoms with Crippen LogP contribution < -0.4 is 21.6 Å². The van der Waals surface area contributed by atoms with Crippen LogP contribution in [0.1, 0.15) is 11.1 Å². The van der Waals surface area contributed by atoms with E-state index in [0.717, 1.165) is 17.5 Å². The van der Waals surface area contributed by atoms with Crippen LogP contribution in [0.5, 0.6) is 0 Å². The third kappa shape index (κ3) is 5.60. The molecule has 2 aromatic rings. The lowest BCUT2D eigenvalue weighted by Gasteiger charge is -2.08. The van der Waals surface area contributed by atoms with E-state index in [1.807, 2.05) is 30.3 Å². The van der Waals surface area contributed by atoms with E-state index < -0.39 is 0 Å². The molecule has 124 valence electrons. The maximum absolute atomic E-state index is 11.0. The molecule has 0 saturated heterocycles.